The molecule has 2 fully saturated rings. The molecule has 0 N–H and O–H groups in total. The van der Waals surface area contributed by atoms with Crippen LogP contribution >= 0.6 is 0 Å². The van der Waals surface area contributed by atoms with Gasteiger partial charge < -0.3 is 14.4 Å². The van der Waals surface area contributed by atoms with E-state index in [4.69, 9.17) is 14.6 Å². The Morgan fingerprint density at radius 2 is 1.66 bits per heavy atom. The lowest BCUT2D eigenvalue weighted by atomic mass is 9.83. The van der Waals surface area contributed by atoms with Crippen LogP contribution in [0.4, 0.5) is 0 Å². The van der Waals surface area contributed by atoms with Crippen molar-refractivity contribution < 1.29 is 28.7 Å². The Hall–Kier alpha value is -3.43. The van der Waals surface area contributed by atoms with E-state index >= 15 is 0 Å². The maximum Gasteiger partial charge on any atom is 0.254 e. The van der Waals surface area contributed by atoms with Crippen molar-refractivity contribution in [2.75, 3.05) is 33.9 Å². The van der Waals surface area contributed by atoms with Crippen molar-refractivity contribution in [2.24, 2.45) is 10.5 Å². The van der Waals surface area contributed by atoms with Gasteiger partial charge in [-0.3, -0.25) is 24.1 Å². The number of methoxy groups -OCH3 is 2. The third-order valence-electron chi connectivity index (χ3n) is 7.04. The standard InChI is InChI=1S/C25H32N4O6/c1-25(2)23(16-8-9-18(34-3)19(14-16)35-4)26-29(24(25)33)17-10-12-27(13-11-17)22(32)15-28-20(30)6-5-7-21(28)31/h8-9,14,17H,5-7,10-13,15H2,1-4H3. The number of nitrogens with zero attached hydrogens (tertiary/aromatic N) is 4. The molecule has 0 saturated carbocycles. The Labute approximate surface area is 204 Å². The van der Waals surface area contributed by atoms with Gasteiger partial charge in [-0.15, -0.1) is 0 Å². The predicted molar refractivity (Wildman–Crippen MR) is 127 cm³/mol. The fraction of sp³-hybridized carbons (Fsp3) is 0.560. The molecule has 1 aromatic carbocycles. The molecule has 10 heteroatoms. The van der Waals surface area contributed by atoms with Crippen molar-refractivity contribution in [1.29, 1.82) is 0 Å². The minimum Gasteiger partial charge on any atom is -0.493 e. The average molecular weight is 485 g/mol. The Kier molecular flexibility index (Phi) is 6.82. The van der Waals surface area contributed by atoms with Crippen LogP contribution in [0.2, 0.25) is 0 Å². The highest BCUT2D eigenvalue weighted by Gasteiger charge is 2.47. The molecule has 3 aliphatic heterocycles. The van der Waals surface area contributed by atoms with Crippen LogP contribution in [0.15, 0.2) is 23.3 Å². The first-order valence-electron chi connectivity index (χ1n) is 11.9. The topological polar surface area (TPSA) is 109 Å². The van der Waals surface area contributed by atoms with Crippen LogP contribution in [0.1, 0.15) is 51.5 Å². The molecule has 4 amide bonds. The molecule has 0 bridgehead atoms. The second-order valence-corrected chi connectivity index (χ2v) is 9.63. The fourth-order valence-electron chi connectivity index (χ4n) is 4.89. The summed E-state index contributed by atoms with van der Waals surface area (Å²) in [7, 11) is 3.13. The SMILES string of the molecule is COc1ccc(C2=NN(C3CCN(C(=O)CN4C(=O)CCCC4=O)CC3)C(=O)C2(C)C)cc1OC. The molecule has 0 aliphatic carbocycles. The summed E-state index contributed by atoms with van der Waals surface area (Å²) in [5.74, 6) is 0.261. The van der Waals surface area contributed by atoms with Crippen LogP contribution in [0.25, 0.3) is 0 Å². The maximum atomic E-state index is 13.3. The molecule has 35 heavy (non-hydrogen) atoms. The van der Waals surface area contributed by atoms with E-state index in [2.05, 4.69) is 0 Å². The van der Waals surface area contributed by atoms with Gasteiger partial charge in [-0.05, 0) is 51.3 Å². The first-order valence-corrected chi connectivity index (χ1v) is 11.9. The zero-order valence-electron chi connectivity index (χ0n) is 20.7. The summed E-state index contributed by atoms with van der Waals surface area (Å²) in [6.07, 6.45) is 2.28. The Morgan fingerprint density at radius 3 is 2.26 bits per heavy atom. The number of hydrazone groups is 1. The Morgan fingerprint density at radius 1 is 1.03 bits per heavy atom. The van der Waals surface area contributed by atoms with Crippen LogP contribution in [0.3, 0.4) is 0 Å². The molecule has 0 spiro atoms. The lowest BCUT2D eigenvalue weighted by molar-refractivity contribution is -0.153. The molecule has 0 radical (unpaired) electrons. The molecule has 1 aromatic rings. The van der Waals surface area contributed by atoms with Crippen molar-refractivity contribution in [1.82, 2.24) is 14.8 Å². The fourth-order valence-corrected chi connectivity index (χ4v) is 4.89. The third-order valence-corrected chi connectivity index (χ3v) is 7.04. The largest absolute Gasteiger partial charge is 0.493 e. The molecular formula is C25H32N4O6. The highest BCUT2D eigenvalue weighted by Crippen LogP contribution is 2.37. The highest BCUT2D eigenvalue weighted by atomic mass is 16.5. The number of ether oxygens (including phenoxy) is 2. The summed E-state index contributed by atoms with van der Waals surface area (Å²) in [6.45, 7) is 4.38. The number of carbonyl (C=O) groups is 4. The maximum absolute atomic E-state index is 13.3. The molecule has 2 saturated heterocycles. The number of benzene rings is 1. The molecule has 4 rings (SSSR count). The van der Waals surface area contributed by atoms with Gasteiger partial charge in [0.1, 0.15) is 6.54 Å². The van der Waals surface area contributed by atoms with E-state index in [0.29, 0.717) is 62.4 Å². The minimum atomic E-state index is -0.818. The molecule has 3 heterocycles. The van der Waals surface area contributed by atoms with E-state index < -0.39 is 5.41 Å². The van der Waals surface area contributed by atoms with Crippen LogP contribution in [0, 0.1) is 5.41 Å². The van der Waals surface area contributed by atoms with Gasteiger partial charge in [0.05, 0.1) is 31.4 Å². The van der Waals surface area contributed by atoms with Gasteiger partial charge in [0, 0.05) is 31.5 Å². The summed E-state index contributed by atoms with van der Waals surface area (Å²) in [6, 6.07) is 5.34. The van der Waals surface area contributed by atoms with Gasteiger partial charge in [0.15, 0.2) is 11.5 Å². The van der Waals surface area contributed by atoms with Crippen LogP contribution in [0.5, 0.6) is 11.5 Å². The number of amides is 4. The second kappa shape index (κ2) is 9.67. The molecular weight excluding hydrogens is 452 g/mol. The Bertz CT molecular complexity index is 1060. The third kappa shape index (κ3) is 4.61. The first kappa shape index (κ1) is 24.7. The quantitative estimate of drug-likeness (QED) is 0.570. The molecule has 0 atom stereocenters. The summed E-state index contributed by atoms with van der Waals surface area (Å²) in [4.78, 5) is 52.9. The zero-order chi connectivity index (χ0) is 25.3. The number of likely N-dealkylation sites (tertiary alicyclic amines) is 2. The summed E-state index contributed by atoms with van der Waals surface area (Å²) >= 11 is 0. The molecule has 188 valence electrons. The number of imide groups is 1. The lowest BCUT2D eigenvalue weighted by Gasteiger charge is -2.36. The number of hydrogen-bond donors (Lipinski definition) is 0. The average Bonchev–Trinajstić information content (AvgIpc) is 3.09. The van der Waals surface area contributed by atoms with Crippen molar-refractivity contribution in [2.45, 2.75) is 52.0 Å². The predicted octanol–water partition coefficient (Wildman–Crippen LogP) is 1.81. The van der Waals surface area contributed by atoms with Crippen molar-refractivity contribution >= 4 is 29.3 Å². The van der Waals surface area contributed by atoms with Gasteiger partial charge in [0.25, 0.3) is 5.91 Å². The van der Waals surface area contributed by atoms with Gasteiger partial charge in [0.2, 0.25) is 17.7 Å². The Balaban J connectivity index is 1.44. The van der Waals surface area contributed by atoms with E-state index in [1.807, 2.05) is 26.0 Å². The number of piperidine rings is 2. The zero-order valence-corrected chi connectivity index (χ0v) is 20.7. The molecule has 3 aliphatic rings. The van der Waals surface area contributed by atoms with Crippen LogP contribution in [-0.2, 0) is 19.2 Å². The van der Waals surface area contributed by atoms with Crippen molar-refractivity contribution in [3.8, 4) is 11.5 Å². The van der Waals surface area contributed by atoms with E-state index in [9.17, 15) is 19.2 Å². The van der Waals surface area contributed by atoms with Crippen LogP contribution < -0.4 is 9.47 Å². The summed E-state index contributed by atoms with van der Waals surface area (Å²) < 4.78 is 10.7. The monoisotopic (exact) mass is 484 g/mol. The van der Waals surface area contributed by atoms with Gasteiger partial charge in [-0.25, -0.2) is 5.01 Å². The van der Waals surface area contributed by atoms with E-state index in [-0.39, 0.29) is 36.2 Å². The molecule has 10 nitrogen and oxygen atoms in total. The van der Waals surface area contributed by atoms with Gasteiger partial charge >= 0.3 is 0 Å². The van der Waals surface area contributed by atoms with Gasteiger partial charge in [-0.1, -0.05) is 0 Å². The van der Waals surface area contributed by atoms with Crippen molar-refractivity contribution in [3.63, 3.8) is 0 Å². The second-order valence-electron chi connectivity index (χ2n) is 9.63. The van der Waals surface area contributed by atoms with Gasteiger partial charge in [-0.2, -0.15) is 5.10 Å². The number of carbonyl (C=O) groups excluding carboxylic acids is 4. The number of rotatable bonds is 6. The number of hydrogen-bond acceptors (Lipinski definition) is 7. The smallest absolute Gasteiger partial charge is 0.254 e. The van der Waals surface area contributed by atoms with E-state index in [1.165, 1.54) is 0 Å². The molecule has 0 aromatic heterocycles. The lowest BCUT2D eigenvalue weighted by Crippen LogP contribution is -2.51. The highest BCUT2D eigenvalue weighted by molar-refractivity contribution is 6.19. The van der Waals surface area contributed by atoms with E-state index in [1.54, 1.807) is 30.2 Å². The summed E-state index contributed by atoms with van der Waals surface area (Å²) in [5.41, 5.74) is 0.623. The van der Waals surface area contributed by atoms with Crippen molar-refractivity contribution in [3.05, 3.63) is 23.8 Å². The minimum absolute atomic E-state index is 0.0865. The summed E-state index contributed by atoms with van der Waals surface area (Å²) in [5, 5.41) is 6.29. The van der Waals surface area contributed by atoms with E-state index in [0.717, 1.165) is 10.5 Å². The van der Waals surface area contributed by atoms with Crippen LogP contribution in [-0.4, -0.2) is 84.0 Å². The first-order chi connectivity index (χ1) is 16.7. The molecule has 0 unspecified atom stereocenters. The normalized spacial score (nSPS) is 20.9.